The van der Waals surface area contributed by atoms with Gasteiger partial charge in [0.2, 0.25) is 0 Å². The molecule has 3 aromatic rings. The van der Waals surface area contributed by atoms with Gasteiger partial charge in [0, 0.05) is 16.9 Å². The van der Waals surface area contributed by atoms with Gasteiger partial charge in [-0.2, -0.15) is 0 Å². The SMILES string of the molecule is CC(C)c1ccccc1NC(=O)c1ccc2c(c1)[C@@H]1[C@H]3CC[C@@H](C3)[C@H]1[C@H](c1ccccc1)N2. The van der Waals surface area contributed by atoms with Crippen molar-refractivity contribution in [2.45, 2.75) is 51.0 Å². The van der Waals surface area contributed by atoms with Crippen molar-refractivity contribution in [1.82, 2.24) is 0 Å². The first-order chi connectivity index (χ1) is 16.1. The van der Waals surface area contributed by atoms with Gasteiger partial charge in [-0.3, -0.25) is 4.79 Å². The van der Waals surface area contributed by atoms with Crippen LogP contribution < -0.4 is 10.6 Å². The number of carbonyl (C=O) groups is 1. The molecular weight excluding hydrogens is 404 g/mol. The quantitative estimate of drug-likeness (QED) is 0.449. The van der Waals surface area contributed by atoms with Crippen LogP contribution in [0.3, 0.4) is 0 Å². The highest BCUT2D eigenvalue weighted by atomic mass is 16.1. The summed E-state index contributed by atoms with van der Waals surface area (Å²) < 4.78 is 0. The third kappa shape index (κ3) is 3.45. The Morgan fingerprint density at radius 3 is 2.52 bits per heavy atom. The Morgan fingerprint density at radius 1 is 0.939 bits per heavy atom. The number of hydrogen-bond donors (Lipinski definition) is 2. The molecule has 3 aliphatic rings. The van der Waals surface area contributed by atoms with Crippen molar-refractivity contribution in [1.29, 1.82) is 0 Å². The van der Waals surface area contributed by atoms with Crippen LogP contribution in [-0.2, 0) is 0 Å². The lowest BCUT2D eigenvalue weighted by atomic mass is 9.68. The molecule has 2 aliphatic carbocycles. The number of amides is 1. The van der Waals surface area contributed by atoms with Crippen LogP contribution in [0.15, 0.2) is 72.8 Å². The lowest BCUT2D eigenvalue weighted by molar-refractivity contribution is 0.102. The summed E-state index contributed by atoms with van der Waals surface area (Å²) in [7, 11) is 0. The number of rotatable bonds is 4. The van der Waals surface area contributed by atoms with E-state index in [1.54, 1.807) is 0 Å². The molecule has 1 heterocycles. The largest absolute Gasteiger partial charge is 0.378 e. The van der Waals surface area contributed by atoms with Gasteiger partial charge in [0.25, 0.3) is 5.91 Å². The van der Waals surface area contributed by atoms with Gasteiger partial charge in [-0.05, 0) is 89.8 Å². The minimum atomic E-state index is -0.0178. The van der Waals surface area contributed by atoms with Gasteiger partial charge in [0.05, 0.1) is 6.04 Å². The molecule has 0 radical (unpaired) electrons. The Balaban J connectivity index is 1.34. The first-order valence-electron chi connectivity index (χ1n) is 12.5. The number of para-hydroxylation sites is 1. The van der Waals surface area contributed by atoms with E-state index in [-0.39, 0.29) is 5.91 Å². The lowest BCUT2D eigenvalue weighted by Crippen LogP contribution is -2.35. The summed E-state index contributed by atoms with van der Waals surface area (Å²) in [4.78, 5) is 13.3. The Labute approximate surface area is 196 Å². The monoisotopic (exact) mass is 436 g/mol. The average Bonchev–Trinajstić information content (AvgIpc) is 3.47. The summed E-state index contributed by atoms with van der Waals surface area (Å²) in [6, 6.07) is 25.7. The van der Waals surface area contributed by atoms with Crippen molar-refractivity contribution in [3.05, 3.63) is 95.1 Å². The van der Waals surface area contributed by atoms with Crippen molar-refractivity contribution in [3.63, 3.8) is 0 Å². The predicted octanol–water partition coefficient (Wildman–Crippen LogP) is 7.36. The number of hydrogen-bond acceptors (Lipinski definition) is 2. The van der Waals surface area contributed by atoms with E-state index in [4.69, 9.17) is 0 Å². The van der Waals surface area contributed by atoms with Crippen LogP contribution >= 0.6 is 0 Å². The van der Waals surface area contributed by atoms with E-state index in [0.717, 1.165) is 23.1 Å². The second-order valence-electron chi connectivity index (χ2n) is 10.5. The maximum Gasteiger partial charge on any atom is 0.255 e. The Morgan fingerprint density at radius 2 is 1.70 bits per heavy atom. The van der Waals surface area contributed by atoms with E-state index >= 15 is 0 Å². The zero-order valence-corrected chi connectivity index (χ0v) is 19.4. The molecule has 0 unspecified atom stereocenters. The van der Waals surface area contributed by atoms with Crippen LogP contribution in [0.4, 0.5) is 11.4 Å². The van der Waals surface area contributed by atoms with E-state index in [1.807, 2.05) is 24.3 Å². The standard InChI is InChI=1S/C30H32N2O/c1-18(2)23-10-6-7-11-25(23)32-30(33)22-14-15-26-24(17-22)27-20-12-13-21(16-20)28(27)29(31-26)19-8-4-3-5-9-19/h3-11,14-15,17-18,20-21,27-29,31H,12-13,16H2,1-2H3,(H,32,33)/t20-,21-,27-,28+,29-/m0/s1. The van der Waals surface area contributed by atoms with Crippen molar-refractivity contribution in [3.8, 4) is 0 Å². The summed E-state index contributed by atoms with van der Waals surface area (Å²) in [6.07, 6.45) is 4.00. The highest BCUT2D eigenvalue weighted by molar-refractivity contribution is 6.05. The van der Waals surface area contributed by atoms with Crippen LogP contribution in [0.25, 0.3) is 0 Å². The zero-order chi connectivity index (χ0) is 22.5. The second-order valence-corrected chi connectivity index (χ2v) is 10.5. The summed E-state index contributed by atoms with van der Waals surface area (Å²) >= 11 is 0. The minimum absolute atomic E-state index is 0.0178. The number of fused-ring (bicyclic) bond motifs is 7. The molecule has 2 saturated carbocycles. The molecular formula is C30H32N2O. The molecule has 0 aromatic heterocycles. The molecule has 0 spiro atoms. The van der Waals surface area contributed by atoms with Crippen molar-refractivity contribution < 1.29 is 4.79 Å². The minimum Gasteiger partial charge on any atom is -0.378 e. The molecule has 1 aliphatic heterocycles. The van der Waals surface area contributed by atoms with Gasteiger partial charge in [0.1, 0.15) is 0 Å². The molecule has 2 bridgehead atoms. The lowest BCUT2D eigenvalue weighted by Gasteiger charge is -2.43. The Kier molecular flexibility index (Phi) is 5.01. The Bertz CT molecular complexity index is 1180. The highest BCUT2D eigenvalue weighted by Crippen LogP contribution is 2.63. The number of carbonyl (C=O) groups excluding carboxylic acids is 1. The molecule has 3 nitrogen and oxygen atoms in total. The third-order valence-corrected chi connectivity index (χ3v) is 8.34. The number of anilines is 2. The van der Waals surface area contributed by atoms with Crippen LogP contribution in [-0.4, -0.2) is 5.91 Å². The highest BCUT2D eigenvalue weighted by Gasteiger charge is 2.53. The van der Waals surface area contributed by atoms with E-state index in [1.165, 1.54) is 41.6 Å². The van der Waals surface area contributed by atoms with Crippen LogP contribution in [0.1, 0.15) is 78.0 Å². The normalized spacial score (nSPS) is 27.1. The van der Waals surface area contributed by atoms with Crippen molar-refractivity contribution in [2.75, 3.05) is 10.6 Å². The molecule has 6 rings (SSSR count). The molecule has 2 fully saturated rings. The van der Waals surface area contributed by atoms with E-state index in [9.17, 15) is 4.79 Å². The van der Waals surface area contributed by atoms with Gasteiger partial charge < -0.3 is 10.6 Å². The average molecular weight is 437 g/mol. The molecule has 5 atom stereocenters. The van der Waals surface area contributed by atoms with Gasteiger partial charge in [-0.25, -0.2) is 0 Å². The third-order valence-electron chi connectivity index (χ3n) is 8.34. The summed E-state index contributed by atoms with van der Waals surface area (Å²) in [6.45, 7) is 4.32. The topological polar surface area (TPSA) is 41.1 Å². The van der Waals surface area contributed by atoms with Gasteiger partial charge in [-0.15, -0.1) is 0 Å². The molecule has 168 valence electrons. The summed E-state index contributed by atoms with van der Waals surface area (Å²) in [5, 5.41) is 7.06. The fraction of sp³-hybridized carbons (Fsp3) is 0.367. The van der Waals surface area contributed by atoms with E-state index in [0.29, 0.717) is 23.8 Å². The zero-order valence-electron chi connectivity index (χ0n) is 19.4. The van der Waals surface area contributed by atoms with Gasteiger partial charge >= 0.3 is 0 Å². The molecule has 3 heteroatoms. The van der Waals surface area contributed by atoms with E-state index in [2.05, 4.69) is 73.0 Å². The molecule has 33 heavy (non-hydrogen) atoms. The number of nitrogens with one attached hydrogen (secondary N) is 2. The number of benzene rings is 3. The fourth-order valence-electron chi connectivity index (χ4n) is 6.93. The van der Waals surface area contributed by atoms with E-state index < -0.39 is 0 Å². The second kappa shape index (κ2) is 8.06. The first kappa shape index (κ1) is 20.5. The Hall–Kier alpha value is -3.07. The van der Waals surface area contributed by atoms with Crippen LogP contribution in [0.2, 0.25) is 0 Å². The first-order valence-corrected chi connectivity index (χ1v) is 12.5. The van der Waals surface area contributed by atoms with Crippen molar-refractivity contribution >= 4 is 17.3 Å². The van der Waals surface area contributed by atoms with Gasteiger partial charge in [-0.1, -0.05) is 62.4 Å². The molecule has 2 N–H and O–H groups in total. The molecule has 1 amide bonds. The predicted molar refractivity (Wildman–Crippen MR) is 135 cm³/mol. The molecule has 3 aromatic carbocycles. The summed E-state index contributed by atoms with van der Waals surface area (Å²) in [5.41, 5.74) is 6.78. The maximum atomic E-state index is 13.3. The smallest absolute Gasteiger partial charge is 0.255 e. The van der Waals surface area contributed by atoms with Crippen LogP contribution in [0.5, 0.6) is 0 Å². The van der Waals surface area contributed by atoms with Crippen molar-refractivity contribution in [2.24, 2.45) is 17.8 Å². The van der Waals surface area contributed by atoms with Gasteiger partial charge in [0.15, 0.2) is 0 Å². The maximum absolute atomic E-state index is 13.3. The molecule has 0 saturated heterocycles. The fourth-order valence-corrected chi connectivity index (χ4v) is 6.93. The summed E-state index contributed by atoms with van der Waals surface area (Å²) in [5.74, 6) is 3.02. The van der Waals surface area contributed by atoms with Crippen LogP contribution in [0, 0.1) is 17.8 Å².